The van der Waals surface area contributed by atoms with Gasteiger partial charge in [-0.15, -0.1) is 0 Å². The van der Waals surface area contributed by atoms with Gasteiger partial charge in [-0.05, 0) is 46.6 Å². The van der Waals surface area contributed by atoms with Crippen LogP contribution in [-0.4, -0.2) is 21.6 Å². The molecule has 0 spiro atoms. The Labute approximate surface area is 141 Å². The summed E-state index contributed by atoms with van der Waals surface area (Å²) in [5, 5.41) is 0. The van der Waals surface area contributed by atoms with E-state index in [2.05, 4.69) is 20.7 Å². The van der Waals surface area contributed by atoms with Crippen LogP contribution in [0, 0.1) is 12.7 Å². The summed E-state index contributed by atoms with van der Waals surface area (Å²) < 4.78 is 52.3. The zero-order valence-electron chi connectivity index (χ0n) is 12.1. The number of anilines is 1. The number of halogens is 2. The van der Waals surface area contributed by atoms with Crippen LogP contribution < -0.4 is 14.2 Å². The topological polar surface area (TPSA) is 64.6 Å². The van der Waals surface area contributed by atoms with E-state index in [0.717, 1.165) is 5.56 Å². The molecule has 1 aliphatic rings. The Morgan fingerprint density at radius 2 is 1.78 bits per heavy atom. The Bertz CT molecular complexity index is 870. The van der Waals surface area contributed by atoms with E-state index in [1.165, 1.54) is 24.3 Å². The molecule has 5 nitrogen and oxygen atoms in total. The van der Waals surface area contributed by atoms with E-state index < -0.39 is 15.8 Å². The first-order valence-corrected chi connectivity index (χ1v) is 9.02. The van der Waals surface area contributed by atoms with E-state index in [4.69, 9.17) is 9.47 Å². The SMILES string of the molecule is Cc1ccc(F)c(NS(=O)(=O)c2cc3c(cc2Br)OCCO3)c1. The summed E-state index contributed by atoms with van der Waals surface area (Å²) in [6.07, 6.45) is 0. The number of hydrogen-bond donors (Lipinski definition) is 1. The van der Waals surface area contributed by atoms with Crippen molar-refractivity contribution in [1.82, 2.24) is 0 Å². The lowest BCUT2D eigenvalue weighted by molar-refractivity contribution is 0.171. The molecule has 0 atom stereocenters. The van der Waals surface area contributed by atoms with Crippen LogP contribution in [0.4, 0.5) is 10.1 Å². The standard InChI is InChI=1S/C15H13BrFNO4S/c1-9-2-3-11(17)12(6-9)18-23(19,20)15-8-14-13(7-10(15)16)21-4-5-22-14/h2-3,6-8,18H,4-5H2,1H3. The molecule has 1 heterocycles. The molecule has 1 N–H and O–H groups in total. The Morgan fingerprint density at radius 1 is 1.13 bits per heavy atom. The molecule has 0 saturated heterocycles. The summed E-state index contributed by atoms with van der Waals surface area (Å²) in [6, 6.07) is 7.09. The van der Waals surface area contributed by atoms with E-state index in [-0.39, 0.29) is 10.6 Å². The van der Waals surface area contributed by atoms with Crippen LogP contribution in [0.2, 0.25) is 0 Å². The number of nitrogens with one attached hydrogen (secondary N) is 1. The molecule has 0 radical (unpaired) electrons. The van der Waals surface area contributed by atoms with Crippen LogP contribution in [-0.2, 0) is 10.0 Å². The van der Waals surface area contributed by atoms with Gasteiger partial charge in [-0.1, -0.05) is 6.07 Å². The molecule has 23 heavy (non-hydrogen) atoms. The van der Waals surface area contributed by atoms with E-state index in [1.807, 2.05) is 0 Å². The second-order valence-corrected chi connectivity index (χ2v) is 7.52. The number of fused-ring (bicyclic) bond motifs is 1. The van der Waals surface area contributed by atoms with Crippen molar-refractivity contribution < 1.29 is 22.3 Å². The molecule has 2 aromatic carbocycles. The predicted octanol–water partition coefficient (Wildman–Crippen LogP) is 3.47. The maximum Gasteiger partial charge on any atom is 0.263 e. The van der Waals surface area contributed by atoms with Gasteiger partial charge in [-0.3, -0.25) is 4.72 Å². The van der Waals surface area contributed by atoms with Crippen LogP contribution in [0.1, 0.15) is 5.56 Å². The van der Waals surface area contributed by atoms with Crippen molar-refractivity contribution >= 4 is 31.6 Å². The Hall–Kier alpha value is -1.80. The predicted molar refractivity (Wildman–Crippen MR) is 87.1 cm³/mol. The highest BCUT2D eigenvalue weighted by atomic mass is 79.9. The Morgan fingerprint density at radius 3 is 2.48 bits per heavy atom. The minimum Gasteiger partial charge on any atom is -0.486 e. The molecular weight excluding hydrogens is 389 g/mol. The lowest BCUT2D eigenvalue weighted by Crippen LogP contribution is -2.18. The molecule has 0 aliphatic carbocycles. The van der Waals surface area contributed by atoms with E-state index in [1.54, 1.807) is 13.0 Å². The zero-order chi connectivity index (χ0) is 16.6. The van der Waals surface area contributed by atoms with E-state index in [0.29, 0.717) is 29.2 Å². The molecular formula is C15H13BrFNO4S. The van der Waals surface area contributed by atoms with E-state index in [9.17, 15) is 12.8 Å². The van der Waals surface area contributed by atoms with Gasteiger partial charge in [-0.25, -0.2) is 12.8 Å². The maximum atomic E-state index is 13.8. The fourth-order valence-electron chi connectivity index (χ4n) is 2.17. The Kier molecular flexibility index (Phi) is 4.20. The Balaban J connectivity index is 2.01. The summed E-state index contributed by atoms with van der Waals surface area (Å²) in [5.41, 5.74) is 0.636. The lowest BCUT2D eigenvalue weighted by Gasteiger charge is -2.20. The number of sulfonamides is 1. The summed E-state index contributed by atoms with van der Waals surface area (Å²) in [7, 11) is -3.99. The molecule has 122 valence electrons. The van der Waals surface area contributed by atoms with Crippen LogP contribution >= 0.6 is 15.9 Å². The second kappa shape index (κ2) is 6.01. The third kappa shape index (κ3) is 3.28. The van der Waals surface area contributed by atoms with Crippen molar-refractivity contribution in [3.63, 3.8) is 0 Å². The first kappa shape index (κ1) is 16.1. The molecule has 0 amide bonds. The van der Waals surface area contributed by atoms with E-state index >= 15 is 0 Å². The molecule has 1 aliphatic heterocycles. The quantitative estimate of drug-likeness (QED) is 0.854. The summed E-state index contributed by atoms with van der Waals surface area (Å²) in [4.78, 5) is -0.0531. The molecule has 0 bridgehead atoms. The molecule has 3 rings (SSSR count). The highest BCUT2D eigenvalue weighted by Crippen LogP contribution is 2.38. The maximum absolute atomic E-state index is 13.8. The van der Waals surface area contributed by atoms with Crippen molar-refractivity contribution in [2.75, 3.05) is 17.9 Å². The molecule has 0 fully saturated rings. The largest absolute Gasteiger partial charge is 0.486 e. The number of hydrogen-bond acceptors (Lipinski definition) is 4. The average Bonchev–Trinajstić information content (AvgIpc) is 2.50. The zero-order valence-corrected chi connectivity index (χ0v) is 14.5. The number of rotatable bonds is 3. The van der Waals surface area contributed by atoms with Crippen LogP contribution in [0.3, 0.4) is 0 Å². The smallest absolute Gasteiger partial charge is 0.263 e. The summed E-state index contributed by atoms with van der Waals surface area (Å²) in [5.74, 6) is 0.154. The van der Waals surface area contributed by atoms with Gasteiger partial charge in [0.05, 0.1) is 5.69 Å². The molecule has 0 saturated carbocycles. The number of ether oxygens (including phenoxy) is 2. The van der Waals surface area contributed by atoms with Crippen LogP contribution in [0.5, 0.6) is 11.5 Å². The minimum atomic E-state index is -3.99. The van der Waals surface area contributed by atoms with Crippen molar-refractivity contribution in [2.45, 2.75) is 11.8 Å². The summed E-state index contributed by atoms with van der Waals surface area (Å²) >= 11 is 3.21. The van der Waals surface area contributed by atoms with Gasteiger partial charge in [0.15, 0.2) is 11.5 Å². The van der Waals surface area contributed by atoms with Crippen molar-refractivity contribution in [3.05, 3.63) is 46.2 Å². The highest BCUT2D eigenvalue weighted by Gasteiger charge is 2.24. The second-order valence-electron chi connectivity index (χ2n) is 5.02. The lowest BCUT2D eigenvalue weighted by atomic mass is 10.2. The molecule has 8 heteroatoms. The fourth-order valence-corrected chi connectivity index (χ4v) is 4.26. The normalized spacial score (nSPS) is 13.7. The van der Waals surface area contributed by atoms with Crippen LogP contribution in [0.25, 0.3) is 0 Å². The van der Waals surface area contributed by atoms with Crippen molar-refractivity contribution in [2.24, 2.45) is 0 Å². The summed E-state index contributed by atoms with van der Waals surface area (Å²) in [6.45, 7) is 2.49. The van der Waals surface area contributed by atoms with Gasteiger partial charge in [-0.2, -0.15) is 0 Å². The van der Waals surface area contributed by atoms with Gasteiger partial charge in [0.1, 0.15) is 23.9 Å². The fraction of sp³-hybridized carbons (Fsp3) is 0.200. The average molecular weight is 402 g/mol. The van der Waals surface area contributed by atoms with Gasteiger partial charge in [0.2, 0.25) is 0 Å². The third-order valence-electron chi connectivity index (χ3n) is 3.25. The van der Waals surface area contributed by atoms with Gasteiger partial charge < -0.3 is 9.47 Å². The van der Waals surface area contributed by atoms with Gasteiger partial charge in [0, 0.05) is 10.5 Å². The molecule has 0 unspecified atom stereocenters. The molecule has 0 aromatic heterocycles. The first-order chi connectivity index (χ1) is 10.9. The third-order valence-corrected chi connectivity index (χ3v) is 5.58. The number of aryl methyl sites for hydroxylation is 1. The minimum absolute atomic E-state index is 0.0531. The first-order valence-electron chi connectivity index (χ1n) is 6.75. The van der Waals surface area contributed by atoms with Gasteiger partial charge >= 0.3 is 0 Å². The highest BCUT2D eigenvalue weighted by molar-refractivity contribution is 9.10. The monoisotopic (exact) mass is 401 g/mol. The number of benzene rings is 2. The molecule has 2 aromatic rings. The van der Waals surface area contributed by atoms with Crippen molar-refractivity contribution in [3.8, 4) is 11.5 Å². The van der Waals surface area contributed by atoms with Crippen molar-refractivity contribution in [1.29, 1.82) is 0 Å². The van der Waals surface area contributed by atoms with Gasteiger partial charge in [0.25, 0.3) is 10.0 Å². The van der Waals surface area contributed by atoms with Crippen LogP contribution in [0.15, 0.2) is 39.7 Å².